The molecule has 2 aromatic rings. The van der Waals surface area contributed by atoms with E-state index in [1.807, 2.05) is 6.92 Å². The Kier molecular flexibility index (Phi) is 5.26. The number of aryl methyl sites for hydroxylation is 1. The van der Waals surface area contributed by atoms with Crippen molar-refractivity contribution in [3.05, 3.63) is 28.8 Å². The summed E-state index contributed by atoms with van der Waals surface area (Å²) in [5.41, 5.74) is -0.580. The summed E-state index contributed by atoms with van der Waals surface area (Å²) in [5, 5.41) is 1.26. The van der Waals surface area contributed by atoms with Crippen LogP contribution >= 0.6 is 22.9 Å². The molecule has 1 fully saturated rings. The Labute approximate surface area is 167 Å². The third kappa shape index (κ3) is 3.46. The van der Waals surface area contributed by atoms with Gasteiger partial charge in [-0.2, -0.15) is 0 Å². The quantitative estimate of drug-likeness (QED) is 0.790. The van der Waals surface area contributed by atoms with Crippen molar-refractivity contribution in [1.82, 2.24) is 9.62 Å². The second-order valence-electron chi connectivity index (χ2n) is 6.91. The monoisotopic (exact) mass is 428 g/mol. The van der Waals surface area contributed by atoms with Crippen molar-refractivity contribution < 1.29 is 18.0 Å². The summed E-state index contributed by atoms with van der Waals surface area (Å²) in [6.45, 7) is 5.64. The fraction of sp³-hybridized carbons (Fsp3) is 0.444. The van der Waals surface area contributed by atoms with Crippen LogP contribution in [-0.2, 0) is 19.6 Å². The molecule has 1 aliphatic rings. The Morgan fingerprint density at radius 1 is 1.37 bits per heavy atom. The lowest BCUT2D eigenvalue weighted by Gasteiger charge is -2.48. The molecule has 0 bridgehead atoms. The van der Waals surface area contributed by atoms with Crippen molar-refractivity contribution in [1.29, 1.82) is 0 Å². The highest BCUT2D eigenvalue weighted by Crippen LogP contribution is 2.36. The molecule has 1 atom stereocenters. The van der Waals surface area contributed by atoms with E-state index in [2.05, 4.69) is 4.72 Å². The summed E-state index contributed by atoms with van der Waals surface area (Å²) in [5.74, 6) is -0.806. The first-order valence-corrected chi connectivity index (χ1v) is 11.3. The molecular formula is C18H21ClN2O4S2. The minimum absolute atomic E-state index is 0.0856. The molecule has 27 heavy (non-hydrogen) atoms. The average molecular weight is 429 g/mol. The maximum Gasteiger partial charge on any atom is 0.273 e. The van der Waals surface area contributed by atoms with E-state index in [0.29, 0.717) is 36.4 Å². The highest BCUT2D eigenvalue weighted by molar-refractivity contribution is 7.92. The minimum atomic E-state index is -4.05. The topological polar surface area (TPSA) is 83.6 Å². The second kappa shape index (κ2) is 7.07. The molecule has 2 heterocycles. The van der Waals surface area contributed by atoms with Crippen LogP contribution in [0.4, 0.5) is 0 Å². The van der Waals surface area contributed by atoms with E-state index in [0.717, 1.165) is 21.4 Å². The molecule has 1 aromatic heterocycles. The Hall–Kier alpha value is -1.64. The SMILES string of the molecule is CCCC(=O)N1CCC1(C)C(=O)NS(=O)(=O)c1sc2ccc(Cl)cc2c1C. The first-order chi connectivity index (χ1) is 12.6. The van der Waals surface area contributed by atoms with E-state index in [-0.39, 0.29) is 10.1 Å². The van der Waals surface area contributed by atoms with Crippen molar-refractivity contribution in [2.75, 3.05) is 6.54 Å². The van der Waals surface area contributed by atoms with Crippen LogP contribution in [0.3, 0.4) is 0 Å². The third-order valence-corrected chi connectivity index (χ3v) is 8.46. The lowest BCUT2D eigenvalue weighted by atomic mass is 9.85. The first kappa shape index (κ1) is 20.1. The predicted molar refractivity (Wildman–Crippen MR) is 107 cm³/mol. The number of thiophene rings is 1. The number of rotatable bonds is 5. The number of hydrogen-bond acceptors (Lipinski definition) is 5. The standard InChI is InChI=1S/C18H21ClN2O4S2/c1-4-5-15(22)21-9-8-18(21,3)17(23)20-27(24,25)16-11(2)13-10-12(19)6-7-14(13)26-16/h6-7,10H,4-5,8-9H2,1-3H3,(H,20,23). The molecule has 2 amide bonds. The maximum absolute atomic E-state index is 12.8. The summed E-state index contributed by atoms with van der Waals surface area (Å²) < 4.78 is 28.7. The second-order valence-corrected chi connectivity index (χ2v) is 10.3. The first-order valence-electron chi connectivity index (χ1n) is 8.66. The number of hydrogen-bond donors (Lipinski definition) is 1. The fourth-order valence-corrected chi connectivity index (χ4v) is 6.25. The molecule has 6 nitrogen and oxygen atoms in total. The van der Waals surface area contributed by atoms with Gasteiger partial charge in [0, 0.05) is 22.7 Å². The van der Waals surface area contributed by atoms with Crippen molar-refractivity contribution in [3.63, 3.8) is 0 Å². The van der Waals surface area contributed by atoms with Crippen LogP contribution in [-0.4, -0.2) is 37.2 Å². The smallest absolute Gasteiger partial charge is 0.273 e. The van der Waals surface area contributed by atoms with Gasteiger partial charge in [-0.05, 0) is 55.8 Å². The molecule has 1 aromatic carbocycles. The number of amides is 2. The van der Waals surface area contributed by atoms with Crippen LogP contribution in [0.25, 0.3) is 10.1 Å². The molecule has 1 aliphatic heterocycles. The Balaban J connectivity index is 1.88. The van der Waals surface area contributed by atoms with Crippen LogP contribution in [0.5, 0.6) is 0 Å². The summed E-state index contributed by atoms with van der Waals surface area (Å²) >= 11 is 7.10. The van der Waals surface area contributed by atoms with Gasteiger partial charge >= 0.3 is 0 Å². The van der Waals surface area contributed by atoms with Crippen molar-refractivity contribution >= 4 is 54.9 Å². The molecule has 9 heteroatoms. The van der Waals surface area contributed by atoms with E-state index < -0.39 is 21.5 Å². The Bertz CT molecular complexity index is 1030. The zero-order chi connectivity index (χ0) is 20.0. The Morgan fingerprint density at radius 3 is 2.67 bits per heavy atom. The van der Waals surface area contributed by atoms with Crippen LogP contribution in [0.1, 0.15) is 38.7 Å². The van der Waals surface area contributed by atoms with Crippen LogP contribution in [0.2, 0.25) is 5.02 Å². The van der Waals surface area contributed by atoms with Gasteiger partial charge in [0.05, 0.1) is 0 Å². The van der Waals surface area contributed by atoms with Crippen molar-refractivity contribution in [2.24, 2.45) is 0 Å². The lowest BCUT2D eigenvalue weighted by molar-refractivity contribution is -0.156. The molecule has 1 unspecified atom stereocenters. The zero-order valence-corrected chi connectivity index (χ0v) is 17.7. The number of benzene rings is 1. The number of nitrogens with zero attached hydrogens (tertiary/aromatic N) is 1. The van der Waals surface area contributed by atoms with Crippen molar-refractivity contribution in [2.45, 2.75) is 49.8 Å². The number of nitrogens with one attached hydrogen (secondary N) is 1. The summed E-state index contributed by atoms with van der Waals surface area (Å²) in [7, 11) is -4.05. The molecule has 0 saturated carbocycles. The fourth-order valence-electron chi connectivity index (χ4n) is 3.25. The maximum atomic E-state index is 12.8. The van der Waals surface area contributed by atoms with E-state index in [1.165, 1.54) is 4.90 Å². The van der Waals surface area contributed by atoms with Crippen LogP contribution in [0.15, 0.2) is 22.4 Å². The minimum Gasteiger partial charge on any atom is -0.328 e. The van der Waals surface area contributed by atoms with Crippen LogP contribution in [0, 0.1) is 6.92 Å². The van der Waals surface area contributed by atoms with Gasteiger partial charge in [-0.1, -0.05) is 18.5 Å². The third-order valence-electron chi connectivity index (χ3n) is 5.00. The zero-order valence-electron chi connectivity index (χ0n) is 15.3. The van der Waals surface area contributed by atoms with E-state index in [9.17, 15) is 18.0 Å². The average Bonchev–Trinajstić information content (AvgIpc) is 2.90. The van der Waals surface area contributed by atoms with Gasteiger partial charge < -0.3 is 4.90 Å². The number of carbonyl (C=O) groups excluding carboxylic acids is 2. The van der Waals surface area contributed by atoms with Crippen molar-refractivity contribution in [3.8, 4) is 0 Å². The van der Waals surface area contributed by atoms with Gasteiger partial charge in [0.2, 0.25) is 5.91 Å². The molecule has 3 rings (SSSR count). The largest absolute Gasteiger partial charge is 0.328 e. The van der Waals surface area contributed by atoms with E-state index >= 15 is 0 Å². The molecular weight excluding hydrogens is 408 g/mol. The predicted octanol–water partition coefficient (Wildman–Crippen LogP) is 3.46. The van der Waals surface area contributed by atoms with E-state index in [1.54, 1.807) is 32.0 Å². The molecule has 0 aliphatic carbocycles. The molecule has 146 valence electrons. The molecule has 1 saturated heterocycles. The van der Waals surface area contributed by atoms with Gasteiger partial charge in [0.25, 0.3) is 15.9 Å². The number of sulfonamides is 1. The van der Waals surface area contributed by atoms with Gasteiger partial charge in [-0.15, -0.1) is 11.3 Å². The van der Waals surface area contributed by atoms with Gasteiger partial charge in [-0.25, -0.2) is 13.1 Å². The summed E-state index contributed by atoms with van der Waals surface area (Å²) in [6.07, 6.45) is 1.45. The lowest BCUT2D eigenvalue weighted by Crippen LogP contribution is -2.67. The van der Waals surface area contributed by atoms with Gasteiger partial charge in [0.15, 0.2) is 0 Å². The Morgan fingerprint density at radius 2 is 2.07 bits per heavy atom. The molecule has 0 spiro atoms. The van der Waals surface area contributed by atoms with Gasteiger partial charge in [-0.3, -0.25) is 9.59 Å². The number of fused-ring (bicyclic) bond motifs is 1. The molecule has 1 N–H and O–H groups in total. The number of halogens is 1. The van der Waals surface area contributed by atoms with Crippen LogP contribution < -0.4 is 4.72 Å². The normalized spacial score (nSPS) is 19.8. The van der Waals surface area contributed by atoms with E-state index in [4.69, 9.17) is 11.6 Å². The van der Waals surface area contributed by atoms with Gasteiger partial charge in [0.1, 0.15) is 9.75 Å². The number of carbonyl (C=O) groups is 2. The highest BCUT2D eigenvalue weighted by Gasteiger charge is 2.50. The summed E-state index contributed by atoms with van der Waals surface area (Å²) in [4.78, 5) is 26.4. The highest BCUT2D eigenvalue weighted by atomic mass is 35.5. The summed E-state index contributed by atoms with van der Waals surface area (Å²) in [6, 6.07) is 5.16. The number of likely N-dealkylation sites (tertiary alicyclic amines) is 1. The molecule has 0 radical (unpaired) electrons.